The Balaban J connectivity index is 1.67. The summed E-state index contributed by atoms with van der Waals surface area (Å²) in [7, 11) is 1.67. The van der Waals surface area contributed by atoms with Crippen LogP contribution in [0.2, 0.25) is 0 Å². The molecule has 124 valence electrons. The minimum Gasteiger partial charge on any atom is -0.492 e. The normalized spacial score (nSPS) is 9.58. The van der Waals surface area contributed by atoms with Gasteiger partial charge in [0.1, 0.15) is 18.2 Å². The molecule has 0 aliphatic rings. The molecule has 24 heavy (non-hydrogen) atoms. The molecule has 0 saturated carbocycles. The van der Waals surface area contributed by atoms with Crippen molar-refractivity contribution in [2.45, 2.75) is 0 Å². The number of benzene rings is 2. The van der Waals surface area contributed by atoms with Gasteiger partial charge in [-0.25, -0.2) is 9.18 Å². The van der Waals surface area contributed by atoms with Crippen LogP contribution in [0.25, 0.3) is 0 Å². The largest absolute Gasteiger partial charge is 0.492 e. The molecule has 4 nitrogen and oxygen atoms in total. The molecule has 0 bridgehead atoms. The summed E-state index contributed by atoms with van der Waals surface area (Å²) in [5.41, 5.74) is 0.910. The molecule has 0 saturated heterocycles. The molecule has 0 aliphatic heterocycles. The van der Waals surface area contributed by atoms with Crippen LogP contribution in [-0.4, -0.2) is 37.7 Å². The van der Waals surface area contributed by atoms with Crippen molar-refractivity contribution < 1.29 is 13.9 Å². The molecule has 0 aliphatic carbocycles. The van der Waals surface area contributed by atoms with Crippen LogP contribution in [0.3, 0.4) is 0 Å². The van der Waals surface area contributed by atoms with E-state index in [1.54, 1.807) is 19.2 Å². The highest BCUT2D eigenvalue weighted by molar-refractivity contribution is 5.74. The Labute approximate surface area is 141 Å². The van der Waals surface area contributed by atoms with Gasteiger partial charge in [-0.15, -0.1) is 0 Å². The molecule has 5 heteroatoms. The fraction of sp³-hybridized carbons (Fsp3) is 0.211. The lowest BCUT2D eigenvalue weighted by atomic mass is 10.2. The first-order valence-electron chi connectivity index (χ1n) is 7.56. The second-order valence-corrected chi connectivity index (χ2v) is 5.05. The number of hydrogen-bond acceptors (Lipinski definition) is 2. The second-order valence-electron chi connectivity index (χ2n) is 5.05. The lowest BCUT2D eigenvalue weighted by Gasteiger charge is -2.17. The summed E-state index contributed by atoms with van der Waals surface area (Å²) in [6.45, 7) is 1.01. The van der Waals surface area contributed by atoms with E-state index in [1.807, 2.05) is 30.3 Å². The van der Waals surface area contributed by atoms with Gasteiger partial charge in [-0.1, -0.05) is 30.0 Å². The highest BCUT2D eigenvalue weighted by atomic mass is 19.1. The maximum atomic E-state index is 12.8. The van der Waals surface area contributed by atoms with Gasteiger partial charge in [0.05, 0.1) is 13.1 Å². The molecule has 0 heterocycles. The summed E-state index contributed by atoms with van der Waals surface area (Å²) in [5.74, 6) is 6.13. The Bertz CT molecular complexity index is 706. The molecule has 1 N–H and O–H groups in total. The zero-order valence-corrected chi connectivity index (χ0v) is 13.5. The zero-order valence-electron chi connectivity index (χ0n) is 13.5. The number of halogens is 1. The van der Waals surface area contributed by atoms with Crippen LogP contribution in [0.15, 0.2) is 54.6 Å². The summed E-state index contributed by atoms with van der Waals surface area (Å²) in [4.78, 5) is 13.4. The third-order valence-corrected chi connectivity index (χ3v) is 3.19. The Morgan fingerprint density at radius 3 is 2.58 bits per heavy atom. The van der Waals surface area contributed by atoms with Gasteiger partial charge in [0.2, 0.25) is 0 Å². The molecule has 2 rings (SSSR count). The highest BCUT2D eigenvalue weighted by Gasteiger charge is 2.06. The minimum absolute atomic E-state index is 0.222. The van der Waals surface area contributed by atoms with Crippen LogP contribution in [-0.2, 0) is 0 Å². The average Bonchev–Trinajstić information content (AvgIpc) is 2.61. The number of nitrogens with zero attached hydrogens (tertiary/aromatic N) is 1. The standard InChI is InChI=1S/C19H19FN2O2/c1-22(14-15-24-18-11-9-17(20)10-12-18)19(23)21-13-5-8-16-6-3-2-4-7-16/h2-4,6-7,9-12H,13-15H2,1H3,(H,21,23). The van der Waals surface area contributed by atoms with Crippen molar-refractivity contribution in [3.8, 4) is 17.6 Å². The van der Waals surface area contributed by atoms with Crippen LogP contribution in [0.4, 0.5) is 9.18 Å². The fourth-order valence-corrected chi connectivity index (χ4v) is 1.86. The molecule has 0 aromatic heterocycles. The van der Waals surface area contributed by atoms with Gasteiger partial charge in [-0.05, 0) is 36.4 Å². The van der Waals surface area contributed by atoms with E-state index in [1.165, 1.54) is 17.0 Å². The first-order chi connectivity index (χ1) is 11.6. The molecule has 0 atom stereocenters. The van der Waals surface area contributed by atoms with E-state index in [9.17, 15) is 9.18 Å². The first kappa shape index (κ1) is 17.4. The van der Waals surface area contributed by atoms with Crippen LogP contribution in [0, 0.1) is 17.7 Å². The summed E-state index contributed by atoms with van der Waals surface area (Å²) in [6, 6.07) is 15.1. The highest BCUT2D eigenvalue weighted by Crippen LogP contribution is 2.10. The third-order valence-electron chi connectivity index (χ3n) is 3.19. The predicted octanol–water partition coefficient (Wildman–Crippen LogP) is 2.90. The fourth-order valence-electron chi connectivity index (χ4n) is 1.86. The van der Waals surface area contributed by atoms with Gasteiger partial charge in [0, 0.05) is 12.6 Å². The van der Waals surface area contributed by atoms with Gasteiger partial charge in [-0.2, -0.15) is 0 Å². The van der Waals surface area contributed by atoms with Gasteiger partial charge >= 0.3 is 6.03 Å². The number of amides is 2. The van der Waals surface area contributed by atoms with E-state index < -0.39 is 0 Å². The first-order valence-corrected chi connectivity index (χ1v) is 7.56. The molecule has 2 amide bonds. The van der Waals surface area contributed by atoms with Gasteiger partial charge < -0.3 is 15.0 Å². The quantitative estimate of drug-likeness (QED) is 0.859. The Kier molecular flexibility index (Phi) is 6.66. The molecular weight excluding hydrogens is 307 g/mol. The number of rotatable bonds is 5. The summed E-state index contributed by atoms with van der Waals surface area (Å²) < 4.78 is 18.2. The molecule has 0 fully saturated rings. The topological polar surface area (TPSA) is 41.6 Å². The van der Waals surface area contributed by atoms with E-state index >= 15 is 0 Å². The third kappa shape index (κ3) is 6.01. The summed E-state index contributed by atoms with van der Waals surface area (Å²) in [5, 5.41) is 2.72. The minimum atomic E-state index is -0.310. The van der Waals surface area contributed by atoms with E-state index in [-0.39, 0.29) is 18.4 Å². The van der Waals surface area contributed by atoms with Crippen molar-refractivity contribution >= 4 is 6.03 Å². The SMILES string of the molecule is CN(CCOc1ccc(F)cc1)C(=O)NCC#Cc1ccccc1. The van der Waals surface area contributed by atoms with Crippen molar-refractivity contribution in [3.63, 3.8) is 0 Å². The van der Waals surface area contributed by atoms with E-state index in [4.69, 9.17) is 4.74 Å². The number of carbonyl (C=O) groups excluding carboxylic acids is 1. The molecule has 0 spiro atoms. The number of ether oxygens (including phenoxy) is 1. The van der Waals surface area contributed by atoms with Crippen molar-refractivity contribution in [3.05, 3.63) is 66.0 Å². The monoisotopic (exact) mass is 326 g/mol. The molecule has 2 aromatic carbocycles. The lowest BCUT2D eigenvalue weighted by molar-refractivity contribution is 0.196. The number of urea groups is 1. The predicted molar refractivity (Wildman–Crippen MR) is 91.2 cm³/mol. The summed E-state index contributed by atoms with van der Waals surface area (Å²) in [6.07, 6.45) is 0. The Morgan fingerprint density at radius 1 is 1.17 bits per heavy atom. The lowest BCUT2D eigenvalue weighted by Crippen LogP contribution is -2.39. The molecule has 2 aromatic rings. The molecule has 0 radical (unpaired) electrons. The maximum Gasteiger partial charge on any atom is 0.318 e. The molecular formula is C19H19FN2O2. The van der Waals surface area contributed by atoms with Crippen LogP contribution < -0.4 is 10.1 Å². The van der Waals surface area contributed by atoms with E-state index in [2.05, 4.69) is 17.2 Å². The summed E-state index contributed by atoms with van der Waals surface area (Å²) >= 11 is 0. The Morgan fingerprint density at radius 2 is 1.88 bits per heavy atom. The van der Waals surface area contributed by atoms with Gasteiger partial charge in [0.15, 0.2) is 0 Å². The second kappa shape index (κ2) is 9.21. The van der Waals surface area contributed by atoms with E-state index in [0.29, 0.717) is 18.9 Å². The molecule has 0 unspecified atom stereocenters. The van der Waals surface area contributed by atoms with Gasteiger partial charge in [0.25, 0.3) is 0 Å². The maximum absolute atomic E-state index is 12.8. The Hall–Kier alpha value is -3.00. The van der Waals surface area contributed by atoms with E-state index in [0.717, 1.165) is 5.56 Å². The average molecular weight is 326 g/mol. The number of nitrogens with one attached hydrogen (secondary N) is 1. The van der Waals surface area contributed by atoms with Crippen molar-refractivity contribution in [2.24, 2.45) is 0 Å². The van der Waals surface area contributed by atoms with Crippen LogP contribution in [0.1, 0.15) is 5.56 Å². The van der Waals surface area contributed by atoms with Crippen molar-refractivity contribution in [1.82, 2.24) is 10.2 Å². The number of hydrogen-bond donors (Lipinski definition) is 1. The van der Waals surface area contributed by atoms with Crippen molar-refractivity contribution in [1.29, 1.82) is 0 Å². The number of likely N-dealkylation sites (N-methyl/N-ethyl adjacent to an activating group) is 1. The van der Waals surface area contributed by atoms with Gasteiger partial charge in [-0.3, -0.25) is 0 Å². The van der Waals surface area contributed by atoms with Crippen LogP contribution in [0.5, 0.6) is 5.75 Å². The smallest absolute Gasteiger partial charge is 0.318 e. The van der Waals surface area contributed by atoms with Crippen molar-refractivity contribution in [2.75, 3.05) is 26.7 Å². The van der Waals surface area contributed by atoms with Crippen LogP contribution >= 0.6 is 0 Å². The zero-order chi connectivity index (χ0) is 17.2. The number of carbonyl (C=O) groups is 1.